The van der Waals surface area contributed by atoms with Crippen molar-refractivity contribution in [2.24, 2.45) is 10.4 Å². The number of hydrogen-bond donors (Lipinski definition) is 0. The number of aromatic nitrogens is 1. The number of anilines is 1. The molecule has 0 atom stereocenters. The summed E-state index contributed by atoms with van der Waals surface area (Å²) in [5.74, 6) is -0.188. The molecule has 5 rings (SSSR count). The molecule has 186 valence electrons. The third kappa shape index (κ3) is 3.94. The molecule has 0 radical (unpaired) electrons. The van der Waals surface area contributed by atoms with E-state index < -0.39 is 44.3 Å². The summed E-state index contributed by atoms with van der Waals surface area (Å²) in [5.41, 5.74) is -2.52. The minimum Gasteiger partial charge on any atom is -0.348 e. The molecule has 3 aromatic rings. The molecule has 1 spiro atoms. The third-order valence-electron chi connectivity index (χ3n) is 6.91. The second-order valence-electron chi connectivity index (χ2n) is 9.00. The first-order chi connectivity index (χ1) is 17.0. The Hall–Kier alpha value is -3.67. The Bertz CT molecular complexity index is 1490. The topological polar surface area (TPSA) is 106 Å². The van der Waals surface area contributed by atoms with E-state index in [1.807, 2.05) is 30.3 Å². The van der Waals surface area contributed by atoms with Crippen LogP contribution in [0.25, 0.3) is 10.1 Å². The number of hydrogen-bond acceptors (Lipinski definition) is 7. The molecule has 0 saturated carbocycles. The second-order valence-corrected chi connectivity index (χ2v) is 9.98. The van der Waals surface area contributed by atoms with E-state index in [4.69, 9.17) is 0 Å². The first kappa shape index (κ1) is 24.0. The fraction of sp³-hybridized carbons (Fsp3) is 0.333. The number of carbonyl (C=O) groups is 1. The molecule has 2 aliphatic heterocycles. The summed E-state index contributed by atoms with van der Waals surface area (Å²) >= 11 is 0.817. The van der Waals surface area contributed by atoms with E-state index in [-0.39, 0.29) is 15.7 Å². The van der Waals surface area contributed by atoms with Gasteiger partial charge in [-0.2, -0.15) is 18.2 Å². The molecule has 3 heterocycles. The van der Waals surface area contributed by atoms with Gasteiger partial charge in [-0.1, -0.05) is 41.7 Å². The largest absolute Gasteiger partial charge is 0.416 e. The predicted molar refractivity (Wildman–Crippen MR) is 129 cm³/mol. The van der Waals surface area contributed by atoms with Crippen molar-refractivity contribution in [1.82, 2.24) is 4.98 Å². The molecular weight excluding hydrogens is 497 g/mol. The van der Waals surface area contributed by atoms with Crippen LogP contribution in [0, 0.1) is 22.5 Å². The normalized spacial score (nSPS) is 17.6. The van der Waals surface area contributed by atoms with Gasteiger partial charge in [-0.3, -0.25) is 19.7 Å². The van der Waals surface area contributed by atoms with Gasteiger partial charge in [0.2, 0.25) is 0 Å². The highest BCUT2D eigenvalue weighted by molar-refractivity contribution is 7.22. The first-order valence-electron chi connectivity index (χ1n) is 11.1. The highest BCUT2D eigenvalue weighted by Crippen LogP contribution is 2.45. The maximum absolute atomic E-state index is 13.4. The number of fused-ring (bicyclic) bond motifs is 1. The Morgan fingerprint density at radius 1 is 1.14 bits per heavy atom. The number of nitrogens with zero attached hydrogens (tertiary/aromatic N) is 4. The van der Waals surface area contributed by atoms with Gasteiger partial charge in [0.1, 0.15) is 4.70 Å². The second kappa shape index (κ2) is 8.47. The van der Waals surface area contributed by atoms with E-state index in [1.165, 1.54) is 0 Å². The number of alkyl halides is 3. The zero-order valence-electron chi connectivity index (χ0n) is 19.0. The third-order valence-corrected chi connectivity index (χ3v) is 8.06. The predicted octanol–water partition coefficient (Wildman–Crippen LogP) is 4.90. The average Bonchev–Trinajstić information content (AvgIpc) is 3.14. The van der Waals surface area contributed by atoms with Crippen LogP contribution in [-0.2, 0) is 11.0 Å². The lowest BCUT2D eigenvalue weighted by Crippen LogP contribution is -2.43. The van der Waals surface area contributed by atoms with Crippen LogP contribution in [0.3, 0.4) is 0 Å². The van der Waals surface area contributed by atoms with Crippen LogP contribution in [-0.4, -0.2) is 34.6 Å². The van der Waals surface area contributed by atoms with Crippen molar-refractivity contribution in [2.45, 2.75) is 32.4 Å². The molecule has 1 amide bonds. The number of amides is 1. The van der Waals surface area contributed by atoms with Gasteiger partial charge in [-0.05, 0) is 31.4 Å². The van der Waals surface area contributed by atoms with Crippen LogP contribution in [0.5, 0.6) is 0 Å². The lowest BCUT2D eigenvalue weighted by atomic mass is 9.75. The highest BCUT2D eigenvalue weighted by atomic mass is 32.1. The van der Waals surface area contributed by atoms with Crippen LogP contribution in [0.15, 0.2) is 46.2 Å². The van der Waals surface area contributed by atoms with E-state index in [0.29, 0.717) is 38.4 Å². The maximum Gasteiger partial charge on any atom is 0.416 e. The number of carbonyl (C=O) groups excluding carboxylic acids is 1. The summed E-state index contributed by atoms with van der Waals surface area (Å²) in [4.78, 5) is 46.4. The highest BCUT2D eigenvalue weighted by Gasteiger charge is 2.46. The molecule has 1 fully saturated rings. The molecule has 2 aromatic carbocycles. The van der Waals surface area contributed by atoms with Gasteiger partial charge in [0.25, 0.3) is 17.2 Å². The molecule has 1 aromatic heterocycles. The van der Waals surface area contributed by atoms with Crippen molar-refractivity contribution >= 4 is 43.9 Å². The summed E-state index contributed by atoms with van der Waals surface area (Å²) in [6.07, 6.45) is -3.47. The molecule has 12 heteroatoms. The maximum atomic E-state index is 13.4. The van der Waals surface area contributed by atoms with Crippen LogP contribution in [0.1, 0.15) is 36.0 Å². The van der Waals surface area contributed by atoms with Gasteiger partial charge in [-0.15, -0.1) is 0 Å². The fourth-order valence-corrected chi connectivity index (χ4v) is 6.11. The lowest BCUT2D eigenvalue weighted by Gasteiger charge is -2.37. The lowest BCUT2D eigenvalue weighted by molar-refractivity contribution is -0.383. The van der Waals surface area contributed by atoms with E-state index in [9.17, 15) is 32.9 Å². The molecule has 0 bridgehead atoms. The zero-order chi connectivity index (χ0) is 25.8. The Kier molecular flexibility index (Phi) is 5.66. The zero-order valence-corrected chi connectivity index (χ0v) is 19.8. The van der Waals surface area contributed by atoms with Gasteiger partial charge < -0.3 is 4.90 Å². The fourth-order valence-electron chi connectivity index (χ4n) is 4.91. The quantitative estimate of drug-likeness (QED) is 0.362. The minimum absolute atomic E-state index is 0.146. The summed E-state index contributed by atoms with van der Waals surface area (Å²) in [6, 6.07) is 10.1. The van der Waals surface area contributed by atoms with Crippen LogP contribution in [0.2, 0.25) is 0 Å². The van der Waals surface area contributed by atoms with Gasteiger partial charge >= 0.3 is 6.18 Å². The standard InChI is InChI=1S/C24H19F3N4O4S/c1-13-16(24(25,26)27)11-15-19(18(13)31(34)35)36-22(29-20(15)32)30-9-7-23(8-10-30)12-17(28-21(23)33)14-5-3-2-4-6-14/h2-6,11H,7-10,12H2,1H3. The van der Waals surface area contributed by atoms with Crippen molar-refractivity contribution in [2.75, 3.05) is 18.0 Å². The summed E-state index contributed by atoms with van der Waals surface area (Å²) in [5, 5.41) is 11.5. The SMILES string of the molecule is Cc1c(C(F)(F)F)cc2c(=O)nc(N3CCC4(CC3)CC(c3ccccc3)=NC4=O)sc2c1[N+](=O)[O-]. The number of aliphatic imine (C=N–C) groups is 1. The van der Waals surface area contributed by atoms with Crippen molar-refractivity contribution < 1.29 is 22.9 Å². The molecule has 1 saturated heterocycles. The number of nitro benzene ring substituents is 1. The summed E-state index contributed by atoms with van der Waals surface area (Å²) in [6.45, 7) is 1.73. The van der Waals surface area contributed by atoms with Gasteiger partial charge in [0.05, 0.1) is 27.0 Å². The van der Waals surface area contributed by atoms with E-state index in [0.717, 1.165) is 29.5 Å². The van der Waals surface area contributed by atoms with Crippen LogP contribution < -0.4 is 10.5 Å². The summed E-state index contributed by atoms with van der Waals surface area (Å²) < 4.78 is 40.2. The van der Waals surface area contributed by atoms with Crippen molar-refractivity contribution in [3.05, 3.63) is 73.6 Å². The van der Waals surface area contributed by atoms with Crippen LogP contribution in [0.4, 0.5) is 24.0 Å². The average molecular weight is 517 g/mol. The van der Waals surface area contributed by atoms with E-state index >= 15 is 0 Å². The first-order valence-corrected chi connectivity index (χ1v) is 11.9. The Morgan fingerprint density at radius 2 is 1.81 bits per heavy atom. The minimum atomic E-state index is -4.85. The van der Waals surface area contributed by atoms with Gasteiger partial charge in [0.15, 0.2) is 5.13 Å². The smallest absolute Gasteiger partial charge is 0.348 e. The number of piperidine rings is 1. The number of nitro groups is 1. The Morgan fingerprint density at radius 3 is 2.42 bits per heavy atom. The number of rotatable bonds is 3. The molecule has 0 unspecified atom stereocenters. The summed E-state index contributed by atoms with van der Waals surface area (Å²) in [7, 11) is 0. The number of halogens is 3. The molecular formula is C24H19F3N4O4S. The number of benzene rings is 2. The van der Waals surface area contributed by atoms with Gasteiger partial charge in [-0.25, -0.2) is 4.99 Å². The van der Waals surface area contributed by atoms with Crippen molar-refractivity contribution in [3.8, 4) is 0 Å². The molecule has 8 nitrogen and oxygen atoms in total. The van der Waals surface area contributed by atoms with Crippen molar-refractivity contribution in [1.29, 1.82) is 0 Å². The molecule has 0 aliphatic carbocycles. The van der Waals surface area contributed by atoms with Crippen molar-refractivity contribution in [3.63, 3.8) is 0 Å². The van der Waals surface area contributed by atoms with E-state index in [2.05, 4.69) is 9.98 Å². The molecule has 0 N–H and O–H groups in total. The van der Waals surface area contributed by atoms with Crippen LogP contribution >= 0.6 is 11.3 Å². The Balaban J connectivity index is 1.46. The monoisotopic (exact) mass is 516 g/mol. The molecule has 36 heavy (non-hydrogen) atoms. The Labute approximate surface area is 206 Å². The molecule has 2 aliphatic rings. The van der Waals surface area contributed by atoms with Gasteiger partial charge in [0, 0.05) is 25.1 Å². The van der Waals surface area contributed by atoms with E-state index in [1.54, 1.807) is 4.90 Å².